The number of hydrogen-bond donors (Lipinski definition) is 0. The van der Waals surface area contributed by atoms with E-state index < -0.39 is 0 Å². The average Bonchev–Trinajstić information content (AvgIpc) is 2.15. The molecular weight excluding hydrogens is 152 g/mol. The van der Waals surface area contributed by atoms with Gasteiger partial charge in [0.2, 0.25) is 0 Å². The third-order valence-corrected chi connectivity index (χ3v) is 1.43. The quantitative estimate of drug-likeness (QED) is 0.504. The molecule has 0 aliphatic rings. The van der Waals surface area contributed by atoms with Gasteiger partial charge in [0.25, 0.3) is 0 Å². The summed E-state index contributed by atoms with van der Waals surface area (Å²) in [5.74, 6) is 0. The van der Waals surface area contributed by atoms with Gasteiger partial charge in [-0.15, -0.1) is 0 Å². The maximum atomic E-state index is 4.92. The molecule has 3 nitrogen and oxygen atoms in total. The van der Waals surface area contributed by atoms with E-state index in [-0.39, 0.29) is 0 Å². The lowest BCUT2D eigenvalue weighted by atomic mass is 10.2. The highest BCUT2D eigenvalue weighted by atomic mass is 16.6. The first kappa shape index (κ1) is 8.71. The van der Waals surface area contributed by atoms with Crippen molar-refractivity contribution in [1.29, 1.82) is 0 Å². The molecule has 0 fully saturated rings. The summed E-state index contributed by atoms with van der Waals surface area (Å²) < 4.78 is 0. The summed E-state index contributed by atoms with van der Waals surface area (Å²) >= 11 is 0. The van der Waals surface area contributed by atoms with Gasteiger partial charge in [-0.3, -0.25) is 4.98 Å². The van der Waals surface area contributed by atoms with Crippen LogP contribution in [-0.2, 0) is 4.84 Å². The van der Waals surface area contributed by atoms with Crippen molar-refractivity contribution in [1.82, 2.24) is 4.98 Å². The Morgan fingerprint density at radius 1 is 1.50 bits per heavy atom. The molecule has 3 heteroatoms. The van der Waals surface area contributed by atoms with E-state index in [4.69, 9.17) is 4.84 Å². The van der Waals surface area contributed by atoms with Gasteiger partial charge in [-0.05, 0) is 26.0 Å². The molecule has 1 aromatic rings. The Morgan fingerprint density at radius 2 is 2.17 bits per heavy atom. The van der Waals surface area contributed by atoms with Crippen LogP contribution in [-0.4, -0.2) is 17.3 Å². The van der Waals surface area contributed by atoms with Crippen molar-refractivity contribution in [2.24, 2.45) is 5.16 Å². The number of nitrogens with zero attached hydrogens (tertiary/aromatic N) is 2. The van der Waals surface area contributed by atoms with Gasteiger partial charge < -0.3 is 4.84 Å². The molecule has 0 aliphatic carbocycles. The summed E-state index contributed by atoms with van der Waals surface area (Å²) in [5.41, 5.74) is 1.91. The Morgan fingerprint density at radius 3 is 2.75 bits per heavy atom. The van der Waals surface area contributed by atoms with Crippen molar-refractivity contribution >= 4 is 5.71 Å². The molecule has 0 N–H and O–H groups in total. The summed E-state index contributed by atoms with van der Waals surface area (Å²) in [5, 5.41) is 3.90. The zero-order valence-corrected chi connectivity index (χ0v) is 7.32. The van der Waals surface area contributed by atoms with Crippen LogP contribution in [0.25, 0.3) is 0 Å². The van der Waals surface area contributed by atoms with Gasteiger partial charge in [-0.1, -0.05) is 5.16 Å². The van der Waals surface area contributed by atoms with Gasteiger partial charge in [0, 0.05) is 18.0 Å². The van der Waals surface area contributed by atoms with Gasteiger partial charge in [0.05, 0.1) is 5.71 Å². The number of pyridine rings is 1. The van der Waals surface area contributed by atoms with E-state index in [9.17, 15) is 0 Å². The van der Waals surface area contributed by atoms with E-state index in [0.717, 1.165) is 11.3 Å². The Bertz CT molecular complexity index is 256. The maximum Gasteiger partial charge on any atom is 0.114 e. The van der Waals surface area contributed by atoms with Crippen molar-refractivity contribution in [3.63, 3.8) is 0 Å². The van der Waals surface area contributed by atoms with Crippen molar-refractivity contribution in [2.45, 2.75) is 13.8 Å². The summed E-state index contributed by atoms with van der Waals surface area (Å²) in [7, 11) is 0. The monoisotopic (exact) mass is 164 g/mol. The molecule has 1 aromatic heterocycles. The predicted molar refractivity (Wildman–Crippen MR) is 48.1 cm³/mol. The normalized spacial score (nSPS) is 11.3. The van der Waals surface area contributed by atoms with Crippen molar-refractivity contribution in [3.05, 3.63) is 30.1 Å². The molecule has 0 unspecified atom stereocenters. The molecular formula is C9H12N2O. The number of hydrogen-bond acceptors (Lipinski definition) is 3. The molecule has 12 heavy (non-hydrogen) atoms. The van der Waals surface area contributed by atoms with Gasteiger partial charge >= 0.3 is 0 Å². The maximum absolute atomic E-state index is 4.92. The third kappa shape index (κ3) is 2.34. The van der Waals surface area contributed by atoms with Gasteiger partial charge in [0.1, 0.15) is 6.61 Å². The van der Waals surface area contributed by atoms with E-state index >= 15 is 0 Å². The van der Waals surface area contributed by atoms with Crippen LogP contribution >= 0.6 is 0 Å². The first-order chi connectivity index (χ1) is 5.84. The van der Waals surface area contributed by atoms with Crippen molar-refractivity contribution < 1.29 is 4.84 Å². The summed E-state index contributed by atoms with van der Waals surface area (Å²) in [6.07, 6.45) is 3.47. The highest BCUT2D eigenvalue weighted by molar-refractivity contribution is 5.98. The molecule has 0 amide bonds. The second-order valence-electron chi connectivity index (χ2n) is 2.33. The molecule has 0 aromatic carbocycles. The molecule has 0 radical (unpaired) electrons. The molecule has 1 heterocycles. The SMILES string of the molecule is CCO/N=C(/C)c1ccncc1. The fourth-order valence-corrected chi connectivity index (χ4v) is 0.807. The zero-order chi connectivity index (χ0) is 8.81. The Kier molecular flexibility index (Phi) is 3.26. The molecule has 1 rings (SSSR count). The zero-order valence-electron chi connectivity index (χ0n) is 7.32. The highest BCUT2D eigenvalue weighted by Crippen LogP contribution is 1.98. The van der Waals surface area contributed by atoms with E-state index in [1.807, 2.05) is 26.0 Å². The van der Waals surface area contributed by atoms with Crippen molar-refractivity contribution in [2.75, 3.05) is 6.61 Å². The molecule has 64 valence electrons. The molecule has 0 spiro atoms. The van der Waals surface area contributed by atoms with E-state index in [1.165, 1.54) is 0 Å². The second-order valence-corrected chi connectivity index (χ2v) is 2.33. The lowest BCUT2D eigenvalue weighted by molar-refractivity contribution is 0.159. The predicted octanol–water partition coefficient (Wildman–Crippen LogP) is 1.84. The fourth-order valence-electron chi connectivity index (χ4n) is 0.807. The average molecular weight is 164 g/mol. The summed E-state index contributed by atoms with van der Waals surface area (Å²) in [6, 6.07) is 3.80. The minimum absolute atomic E-state index is 0.600. The first-order valence-corrected chi connectivity index (χ1v) is 3.91. The molecule has 0 saturated heterocycles. The number of rotatable bonds is 3. The van der Waals surface area contributed by atoms with Gasteiger partial charge in [-0.2, -0.15) is 0 Å². The number of aromatic nitrogens is 1. The largest absolute Gasteiger partial charge is 0.396 e. The van der Waals surface area contributed by atoms with Crippen LogP contribution in [0.2, 0.25) is 0 Å². The van der Waals surface area contributed by atoms with Gasteiger partial charge in [0.15, 0.2) is 0 Å². The van der Waals surface area contributed by atoms with Crippen LogP contribution in [0, 0.1) is 0 Å². The third-order valence-electron chi connectivity index (χ3n) is 1.43. The minimum atomic E-state index is 0.600. The molecule has 0 aliphatic heterocycles. The minimum Gasteiger partial charge on any atom is -0.396 e. The van der Waals surface area contributed by atoms with E-state index in [2.05, 4.69) is 10.1 Å². The van der Waals surface area contributed by atoms with E-state index in [1.54, 1.807) is 12.4 Å². The lowest BCUT2D eigenvalue weighted by Crippen LogP contribution is -1.95. The fraction of sp³-hybridized carbons (Fsp3) is 0.333. The van der Waals surface area contributed by atoms with Crippen LogP contribution in [0.1, 0.15) is 19.4 Å². The van der Waals surface area contributed by atoms with Crippen LogP contribution in [0.5, 0.6) is 0 Å². The van der Waals surface area contributed by atoms with E-state index in [0.29, 0.717) is 6.61 Å². The second kappa shape index (κ2) is 4.49. The first-order valence-electron chi connectivity index (χ1n) is 3.91. The molecule has 0 saturated carbocycles. The lowest BCUT2D eigenvalue weighted by Gasteiger charge is -1.98. The van der Waals surface area contributed by atoms with Crippen LogP contribution < -0.4 is 0 Å². The Labute approximate surface area is 72.1 Å². The Hall–Kier alpha value is -1.38. The molecule has 0 atom stereocenters. The van der Waals surface area contributed by atoms with Crippen molar-refractivity contribution in [3.8, 4) is 0 Å². The topological polar surface area (TPSA) is 34.5 Å². The molecule has 0 bridgehead atoms. The van der Waals surface area contributed by atoms with Crippen LogP contribution in [0.15, 0.2) is 29.7 Å². The number of oxime groups is 1. The standard InChI is InChI=1S/C9H12N2O/c1-3-12-11-8(2)9-4-6-10-7-5-9/h4-7H,3H2,1-2H3/b11-8-. The smallest absolute Gasteiger partial charge is 0.114 e. The Balaban J connectivity index is 2.71. The summed E-state index contributed by atoms with van der Waals surface area (Å²) in [6.45, 7) is 4.41. The van der Waals surface area contributed by atoms with Crippen LogP contribution in [0.4, 0.5) is 0 Å². The van der Waals surface area contributed by atoms with Crippen LogP contribution in [0.3, 0.4) is 0 Å². The van der Waals surface area contributed by atoms with Gasteiger partial charge in [-0.25, -0.2) is 0 Å². The highest BCUT2D eigenvalue weighted by Gasteiger charge is 1.94. The summed E-state index contributed by atoms with van der Waals surface area (Å²) in [4.78, 5) is 8.83.